The first-order chi connectivity index (χ1) is 9.97. The van der Waals surface area contributed by atoms with Gasteiger partial charge in [-0.2, -0.15) is 0 Å². The molecular formula is C16H20N2O2S. The zero-order valence-corrected chi connectivity index (χ0v) is 13.6. The highest BCUT2D eigenvalue weighted by atomic mass is 32.1. The number of benzene rings is 1. The maximum Gasteiger partial charge on any atom is 0.271 e. The minimum absolute atomic E-state index is 0.0847. The Labute approximate surface area is 129 Å². The minimum atomic E-state index is -0.156. The molecule has 0 aliphatic rings. The van der Waals surface area contributed by atoms with Gasteiger partial charge in [-0.3, -0.25) is 4.79 Å². The number of nitrogens with one attached hydrogen (secondary N) is 1. The summed E-state index contributed by atoms with van der Waals surface area (Å²) in [7, 11) is 0. The molecule has 1 amide bonds. The van der Waals surface area contributed by atoms with Crippen molar-refractivity contribution in [3.8, 4) is 5.75 Å². The van der Waals surface area contributed by atoms with E-state index in [-0.39, 0.29) is 11.9 Å². The van der Waals surface area contributed by atoms with Crippen molar-refractivity contribution in [2.45, 2.75) is 33.7 Å². The molecule has 4 nitrogen and oxygen atoms in total. The third-order valence-electron chi connectivity index (χ3n) is 3.12. The average molecular weight is 304 g/mol. The number of rotatable bonds is 5. The zero-order valence-electron chi connectivity index (χ0n) is 12.8. The quantitative estimate of drug-likeness (QED) is 0.922. The van der Waals surface area contributed by atoms with E-state index in [2.05, 4.69) is 10.3 Å². The molecule has 0 fully saturated rings. The van der Waals surface area contributed by atoms with Crippen LogP contribution in [0.4, 0.5) is 0 Å². The summed E-state index contributed by atoms with van der Waals surface area (Å²) in [5.41, 5.74) is 2.67. The fourth-order valence-electron chi connectivity index (χ4n) is 2.04. The molecule has 0 unspecified atom stereocenters. The molecule has 0 radical (unpaired) electrons. The van der Waals surface area contributed by atoms with Crippen LogP contribution in [0.1, 0.15) is 33.5 Å². The molecule has 0 bridgehead atoms. The molecule has 1 aromatic heterocycles. The van der Waals surface area contributed by atoms with Crippen LogP contribution in [-0.4, -0.2) is 23.5 Å². The second-order valence-electron chi connectivity index (χ2n) is 5.16. The van der Waals surface area contributed by atoms with Crippen LogP contribution >= 0.6 is 11.3 Å². The predicted octanol–water partition coefficient (Wildman–Crippen LogP) is 3.27. The van der Waals surface area contributed by atoms with Crippen LogP contribution in [0.3, 0.4) is 0 Å². The number of thiazole rings is 1. The fraction of sp³-hybridized carbons (Fsp3) is 0.375. The molecule has 5 heteroatoms. The van der Waals surface area contributed by atoms with Crippen molar-refractivity contribution in [2.75, 3.05) is 6.61 Å². The summed E-state index contributed by atoms with van der Waals surface area (Å²) < 4.78 is 5.84. The first-order valence-corrected chi connectivity index (χ1v) is 7.77. The van der Waals surface area contributed by atoms with E-state index in [1.54, 1.807) is 5.38 Å². The van der Waals surface area contributed by atoms with Gasteiger partial charge in [-0.1, -0.05) is 18.2 Å². The maximum atomic E-state index is 12.0. The Morgan fingerprint density at radius 1 is 1.33 bits per heavy atom. The standard InChI is InChI=1S/C16H20N2O2S/c1-10-6-5-7-11(2)15(10)20-8-12(3)17-16(19)14-9-21-13(4)18-14/h5-7,9,12H,8H2,1-4H3,(H,17,19)/t12-/m0/s1. The highest BCUT2D eigenvalue weighted by Gasteiger charge is 2.13. The number of nitrogens with zero attached hydrogens (tertiary/aromatic N) is 1. The van der Waals surface area contributed by atoms with Gasteiger partial charge < -0.3 is 10.1 Å². The van der Waals surface area contributed by atoms with Crippen LogP contribution in [-0.2, 0) is 0 Å². The van der Waals surface area contributed by atoms with E-state index in [1.807, 2.05) is 45.9 Å². The van der Waals surface area contributed by atoms with Crippen LogP contribution < -0.4 is 10.1 Å². The Bertz CT molecular complexity index is 617. The number of amides is 1. The number of ether oxygens (including phenoxy) is 1. The lowest BCUT2D eigenvalue weighted by molar-refractivity contribution is 0.0922. The SMILES string of the molecule is Cc1nc(C(=O)N[C@@H](C)COc2c(C)cccc2C)cs1. The second-order valence-corrected chi connectivity index (χ2v) is 6.22. The van der Waals surface area contributed by atoms with Gasteiger partial charge in [0.2, 0.25) is 0 Å². The molecule has 2 aromatic rings. The van der Waals surface area contributed by atoms with Crippen molar-refractivity contribution >= 4 is 17.2 Å². The Morgan fingerprint density at radius 3 is 2.57 bits per heavy atom. The predicted molar refractivity (Wildman–Crippen MR) is 85.2 cm³/mol. The van der Waals surface area contributed by atoms with E-state index in [0.717, 1.165) is 21.9 Å². The van der Waals surface area contributed by atoms with Crippen molar-refractivity contribution in [2.24, 2.45) is 0 Å². The third kappa shape index (κ3) is 4.04. The molecule has 1 heterocycles. The second kappa shape index (κ2) is 6.72. The van der Waals surface area contributed by atoms with Gasteiger partial charge in [-0.15, -0.1) is 11.3 Å². The van der Waals surface area contributed by atoms with Crippen molar-refractivity contribution in [3.05, 3.63) is 45.4 Å². The molecule has 0 aliphatic carbocycles. The van der Waals surface area contributed by atoms with Crippen LogP contribution in [0.2, 0.25) is 0 Å². The monoisotopic (exact) mass is 304 g/mol. The summed E-state index contributed by atoms with van der Waals surface area (Å²) in [4.78, 5) is 16.2. The summed E-state index contributed by atoms with van der Waals surface area (Å²) in [6.45, 7) is 8.27. The Kier molecular flexibility index (Phi) is 4.96. The average Bonchev–Trinajstić information content (AvgIpc) is 2.85. The maximum absolute atomic E-state index is 12.0. The Morgan fingerprint density at radius 2 is 2.00 bits per heavy atom. The van der Waals surface area contributed by atoms with Crippen molar-refractivity contribution < 1.29 is 9.53 Å². The van der Waals surface area contributed by atoms with Gasteiger partial charge in [-0.25, -0.2) is 4.98 Å². The number of carbonyl (C=O) groups excluding carboxylic acids is 1. The lowest BCUT2D eigenvalue weighted by Gasteiger charge is -2.17. The van der Waals surface area contributed by atoms with Gasteiger partial charge >= 0.3 is 0 Å². The first-order valence-electron chi connectivity index (χ1n) is 6.89. The van der Waals surface area contributed by atoms with Crippen LogP contribution in [0.25, 0.3) is 0 Å². The molecule has 21 heavy (non-hydrogen) atoms. The summed E-state index contributed by atoms with van der Waals surface area (Å²) in [6, 6.07) is 5.96. The van der Waals surface area contributed by atoms with E-state index >= 15 is 0 Å². The largest absolute Gasteiger partial charge is 0.491 e. The van der Waals surface area contributed by atoms with E-state index in [1.165, 1.54) is 11.3 Å². The molecule has 0 saturated heterocycles. The Balaban J connectivity index is 1.90. The Hall–Kier alpha value is -1.88. The zero-order chi connectivity index (χ0) is 15.4. The lowest BCUT2D eigenvalue weighted by atomic mass is 10.1. The van der Waals surface area contributed by atoms with E-state index in [0.29, 0.717) is 12.3 Å². The van der Waals surface area contributed by atoms with Crippen LogP contribution in [0.5, 0.6) is 5.75 Å². The third-order valence-corrected chi connectivity index (χ3v) is 3.89. The molecule has 1 atom stereocenters. The van der Waals surface area contributed by atoms with Gasteiger partial charge in [0.25, 0.3) is 5.91 Å². The summed E-state index contributed by atoms with van der Waals surface area (Å²) in [6.07, 6.45) is 0. The number of hydrogen-bond acceptors (Lipinski definition) is 4. The van der Waals surface area contributed by atoms with Crippen molar-refractivity contribution in [1.82, 2.24) is 10.3 Å². The van der Waals surface area contributed by atoms with Crippen molar-refractivity contribution in [1.29, 1.82) is 0 Å². The molecular weight excluding hydrogens is 284 g/mol. The minimum Gasteiger partial charge on any atom is -0.491 e. The lowest BCUT2D eigenvalue weighted by Crippen LogP contribution is -2.37. The molecule has 1 aromatic carbocycles. The molecule has 2 rings (SSSR count). The number of carbonyl (C=O) groups is 1. The summed E-state index contributed by atoms with van der Waals surface area (Å²) in [5, 5.41) is 5.56. The molecule has 112 valence electrons. The summed E-state index contributed by atoms with van der Waals surface area (Å²) in [5.74, 6) is 0.736. The molecule has 0 aliphatic heterocycles. The molecule has 0 spiro atoms. The highest BCUT2D eigenvalue weighted by molar-refractivity contribution is 7.09. The highest BCUT2D eigenvalue weighted by Crippen LogP contribution is 2.22. The number of hydrogen-bond donors (Lipinski definition) is 1. The van der Waals surface area contributed by atoms with Gasteiger partial charge in [0, 0.05) is 5.38 Å². The number of aromatic nitrogens is 1. The smallest absolute Gasteiger partial charge is 0.271 e. The van der Waals surface area contributed by atoms with Crippen molar-refractivity contribution in [3.63, 3.8) is 0 Å². The number of aryl methyl sites for hydroxylation is 3. The van der Waals surface area contributed by atoms with E-state index in [4.69, 9.17) is 4.74 Å². The fourth-order valence-corrected chi connectivity index (χ4v) is 2.64. The van der Waals surface area contributed by atoms with E-state index in [9.17, 15) is 4.79 Å². The first kappa shape index (κ1) is 15.5. The van der Waals surface area contributed by atoms with E-state index < -0.39 is 0 Å². The van der Waals surface area contributed by atoms with Crippen LogP contribution in [0, 0.1) is 20.8 Å². The van der Waals surface area contributed by atoms with Gasteiger partial charge in [-0.05, 0) is 38.8 Å². The van der Waals surface area contributed by atoms with Gasteiger partial charge in [0.15, 0.2) is 0 Å². The van der Waals surface area contributed by atoms with Gasteiger partial charge in [0.05, 0.1) is 11.0 Å². The summed E-state index contributed by atoms with van der Waals surface area (Å²) >= 11 is 1.47. The normalized spacial score (nSPS) is 12.0. The van der Waals surface area contributed by atoms with Gasteiger partial charge in [0.1, 0.15) is 18.1 Å². The number of para-hydroxylation sites is 1. The molecule has 1 N–H and O–H groups in total. The van der Waals surface area contributed by atoms with Crippen LogP contribution in [0.15, 0.2) is 23.6 Å². The topological polar surface area (TPSA) is 51.2 Å². The molecule has 0 saturated carbocycles.